The Morgan fingerprint density at radius 1 is 1.40 bits per heavy atom. The lowest BCUT2D eigenvalue weighted by atomic mass is 10.0. The molecule has 0 amide bonds. The number of aliphatic hydroxyl groups is 1. The molecule has 1 aromatic rings. The van der Waals surface area contributed by atoms with E-state index in [1.807, 2.05) is 0 Å². The average molecular weight is 210 g/mol. The molecule has 0 aliphatic heterocycles. The predicted octanol–water partition coefficient (Wildman–Crippen LogP) is 1.80. The molecule has 1 rings (SSSR count). The fourth-order valence-corrected chi connectivity index (χ4v) is 1.33. The van der Waals surface area contributed by atoms with Crippen molar-refractivity contribution in [3.63, 3.8) is 0 Å². The van der Waals surface area contributed by atoms with E-state index in [0.29, 0.717) is 12.0 Å². The highest BCUT2D eigenvalue weighted by Gasteiger charge is 2.11. The van der Waals surface area contributed by atoms with Gasteiger partial charge in [0.25, 0.3) is 0 Å². The van der Waals surface area contributed by atoms with Gasteiger partial charge >= 0.3 is 0 Å². The molecule has 0 spiro atoms. The van der Waals surface area contributed by atoms with Crippen LogP contribution in [0, 0.1) is 0 Å². The Bertz CT molecular complexity index is 318. The monoisotopic (exact) mass is 210 g/mol. The Hall–Kier alpha value is -1.23. The van der Waals surface area contributed by atoms with Crippen molar-refractivity contribution in [3.05, 3.63) is 35.4 Å². The molecule has 0 saturated carbocycles. The molecular weight excluding hydrogens is 196 g/mol. The number of aliphatic hydroxyl groups excluding tert-OH is 1. The van der Waals surface area contributed by atoms with Crippen molar-refractivity contribution in [2.75, 3.05) is 6.61 Å². The molecule has 0 saturated heterocycles. The molecule has 82 valence electrons. The molecule has 4 heteroatoms. The van der Waals surface area contributed by atoms with Crippen LogP contribution in [0.4, 0.5) is 0 Å². The minimum absolute atomic E-state index is 0.00910. The summed E-state index contributed by atoms with van der Waals surface area (Å²) < 4.78 is 0. The summed E-state index contributed by atoms with van der Waals surface area (Å²) in [6, 6.07) is 6.74. The van der Waals surface area contributed by atoms with Crippen LogP contribution < -0.4 is 0 Å². The maximum Gasteiger partial charge on any atom is 0.159 e. The molecule has 0 aromatic heterocycles. The van der Waals surface area contributed by atoms with Gasteiger partial charge in [-0.1, -0.05) is 24.3 Å². The first-order chi connectivity index (χ1) is 7.19. The number of ketones is 1. The van der Waals surface area contributed by atoms with Crippen LogP contribution in [0.2, 0.25) is 0 Å². The SMILES string of the molecule is CC(=O)c1ccc(C(CCO)OO)cc1. The summed E-state index contributed by atoms with van der Waals surface area (Å²) in [4.78, 5) is 15.2. The van der Waals surface area contributed by atoms with Crippen LogP contribution in [0.5, 0.6) is 0 Å². The molecule has 1 atom stereocenters. The van der Waals surface area contributed by atoms with Gasteiger partial charge in [-0.05, 0) is 12.5 Å². The smallest absolute Gasteiger partial charge is 0.159 e. The molecule has 2 N–H and O–H groups in total. The van der Waals surface area contributed by atoms with E-state index in [9.17, 15) is 4.79 Å². The molecule has 0 radical (unpaired) electrons. The van der Waals surface area contributed by atoms with E-state index in [-0.39, 0.29) is 12.4 Å². The van der Waals surface area contributed by atoms with Crippen molar-refractivity contribution >= 4 is 5.78 Å². The second-order valence-electron chi connectivity index (χ2n) is 3.28. The molecule has 1 aromatic carbocycles. The van der Waals surface area contributed by atoms with Crippen LogP contribution in [0.3, 0.4) is 0 Å². The van der Waals surface area contributed by atoms with Crippen LogP contribution in [-0.2, 0) is 4.89 Å². The van der Waals surface area contributed by atoms with Gasteiger partial charge in [0.15, 0.2) is 5.78 Å². The maximum absolute atomic E-state index is 11.0. The van der Waals surface area contributed by atoms with Gasteiger partial charge in [0.2, 0.25) is 0 Å². The van der Waals surface area contributed by atoms with Gasteiger partial charge in [-0.3, -0.25) is 10.1 Å². The van der Waals surface area contributed by atoms with E-state index in [1.54, 1.807) is 24.3 Å². The molecule has 0 aliphatic rings. The quantitative estimate of drug-likeness (QED) is 0.442. The lowest BCUT2D eigenvalue weighted by molar-refractivity contribution is -0.284. The standard InChI is InChI=1S/C11H14O4/c1-8(13)9-2-4-10(5-3-9)11(15-14)6-7-12/h2-5,11-12,14H,6-7H2,1H3. The molecule has 0 fully saturated rings. The Balaban J connectivity index is 2.81. The lowest BCUT2D eigenvalue weighted by Crippen LogP contribution is -2.04. The van der Waals surface area contributed by atoms with E-state index in [2.05, 4.69) is 4.89 Å². The molecule has 4 nitrogen and oxygen atoms in total. The normalized spacial score (nSPS) is 12.5. The third-order valence-electron chi connectivity index (χ3n) is 2.21. The number of carbonyl (C=O) groups excluding carboxylic acids is 1. The highest BCUT2D eigenvalue weighted by atomic mass is 17.1. The number of benzene rings is 1. The summed E-state index contributed by atoms with van der Waals surface area (Å²) in [6.07, 6.45) is -0.230. The predicted molar refractivity (Wildman–Crippen MR) is 54.6 cm³/mol. The third-order valence-corrected chi connectivity index (χ3v) is 2.21. The zero-order chi connectivity index (χ0) is 11.3. The van der Waals surface area contributed by atoms with Crippen LogP contribution in [0.25, 0.3) is 0 Å². The average Bonchev–Trinajstić information content (AvgIpc) is 2.26. The van der Waals surface area contributed by atoms with Gasteiger partial charge in [0, 0.05) is 18.6 Å². The van der Waals surface area contributed by atoms with E-state index < -0.39 is 6.10 Å². The first-order valence-corrected chi connectivity index (χ1v) is 4.71. The molecule has 0 heterocycles. The summed E-state index contributed by atoms with van der Waals surface area (Å²) >= 11 is 0. The zero-order valence-corrected chi connectivity index (χ0v) is 8.51. The van der Waals surface area contributed by atoms with E-state index in [1.165, 1.54) is 6.92 Å². The summed E-state index contributed by atoms with van der Waals surface area (Å²) in [5.74, 6) is -0.00910. The Morgan fingerprint density at radius 3 is 2.40 bits per heavy atom. The summed E-state index contributed by atoms with van der Waals surface area (Å²) in [5.41, 5.74) is 1.34. The molecule has 1 unspecified atom stereocenters. The van der Waals surface area contributed by atoms with Gasteiger partial charge in [-0.25, -0.2) is 4.89 Å². The topological polar surface area (TPSA) is 66.8 Å². The number of hydrogen-bond acceptors (Lipinski definition) is 4. The number of carbonyl (C=O) groups is 1. The maximum atomic E-state index is 11.0. The third kappa shape index (κ3) is 3.13. The van der Waals surface area contributed by atoms with E-state index >= 15 is 0 Å². The van der Waals surface area contributed by atoms with E-state index in [4.69, 9.17) is 10.4 Å². The van der Waals surface area contributed by atoms with Crippen molar-refractivity contribution in [2.24, 2.45) is 0 Å². The molecule has 0 bridgehead atoms. The van der Waals surface area contributed by atoms with Crippen LogP contribution in [-0.4, -0.2) is 22.8 Å². The summed E-state index contributed by atoms with van der Waals surface area (Å²) in [6.45, 7) is 1.42. The Kier molecular flexibility index (Phi) is 4.42. The molecule has 0 aliphatic carbocycles. The zero-order valence-electron chi connectivity index (χ0n) is 8.51. The van der Waals surface area contributed by atoms with Crippen LogP contribution >= 0.6 is 0 Å². The summed E-state index contributed by atoms with van der Waals surface area (Å²) in [5, 5.41) is 17.3. The van der Waals surface area contributed by atoms with Gasteiger partial charge in [-0.2, -0.15) is 0 Å². The largest absolute Gasteiger partial charge is 0.396 e. The fraction of sp³-hybridized carbons (Fsp3) is 0.364. The minimum atomic E-state index is -0.545. The van der Waals surface area contributed by atoms with Crippen molar-refractivity contribution in [2.45, 2.75) is 19.4 Å². The Labute approximate surface area is 88.0 Å². The second-order valence-corrected chi connectivity index (χ2v) is 3.28. The number of hydrogen-bond donors (Lipinski definition) is 2. The molecule has 15 heavy (non-hydrogen) atoms. The van der Waals surface area contributed by atoms with Crippen molar-refractivity contribution in [1.29, 1.82) is 0 Å². The lowest BCUT2D eigenvalue weighted by Gasteiger charge is -2.12. The van der Waals surface area contributed by atoms with Gasteiger partial charge in [0.1, 0.15) is 6.10 Å². The van der Waals surface area contributed by atoms with Crippen molar-refractivity contribution in [1.82, 2.24) is 0 Å². The first kappa shape index (κ1) is 11.8. The van der Waals surface area contributed by atoms with Crippen molar-refractivity contribution < 1.29 is 20.0 Å². The summed E-state index contributed by atoms with van der Waals surface area (Å²) in [7, 11) is 0. The van der Waals surface area contributed by atoms with Crippen molar-refractivity contribution in [3.8, 4) is 0 Å². The minimum Gasteiger partial charge on any atom is -0.396 e. The van der Waals surface area contributed by atoms with Gasteiger partial charge in [0.05, 0.1) is 0 Å². The van der Waals surface area contributed by atoms with Gasteiger partial charge in [-0.15, -0.1) is 0 Å². The first-order valence-electron chi connectivity index (χ1n) is 4.71. The Morgan fingerprint density at radius 2 is 2.00 bits per heavy atom. The second kappa shape index (κ2) is 5.60. The molecular formula is C11H14O4. The van der Waals surface area contributed by atoms with E-state index in [0.717, 1.165) is 5.56 Å². The van der Waals surface area contributed by atoms with Gasteiger partial charge < -0.3 is 5.11 Å². The number of rotatable bonds is 5. The highest BCUT2D eigenvalue weighted by molar-refractivity contribution is 5.94. The van der Waals surface area contributed by atoms with Crippen LogP contribution in [0.1, 0.15) is 35.4 Å². The van der Waals surface area contributed by atoms with Crippen LogP contribution in [0.15, 0.2) is 24.3 Å². The fourth-order valence-electron chi connectivity index (χ4n) is 1.33. The number of Topliss-reactive ketones (excluding diaryl/α,β-unsaturated/α-hetero) is 1. The highest BCUT2D eigenvalue weighted by Crippen LogP contribution is 2.20.